The van der Waals surface area contributed by atoms with Crippen LogP contribution in [0, 0.1) is 19.8 Å². The summed E-state index contributed by atoms with van der Waals surface area (Å²) < 4.78 is 13.6. The van der Waals surface area contributed by atoms with Gasteiger partial charge < -0.3 is 14.8 Å². The molecule has 146 valence electrons. The van der Waals surface area contributed by atoms with Crippen LogP contribution in [0.4, 0.5) is 0 Å². The van der Waals surface area contributed by atoms with Crippen molar-refractivity contribution in [3.05, 3.63) is 41.2 Å². The number of nitrogens with one attached hydrogen (secondary N) is 1. The molecule has 0 spiro atoms. The van der Waals surface area contributed by atoms with Gasteiger partial charge in [-0.1, -0.05) is 26.0 Å². The fraction of sp³-hybridized carbons (Fsp3) is 0.524. The number of fused-ring (bicyclic) bond motifs is 1. The third-order valence-electron chi connectivity index (χ3n) is 4.77. The molecule has 6 heteroatoms. The first-order chi connectivity index (χ1) is 12.9. The maximum Gasteiger partial charge on any atom is 0.220 e. The van der Waals surface area contributed by atoms with Gasteiger partial charge in [0.2, 0.25) is 5.91 Å². The number of benzene rings is 1. The van der Waals surface area contributed by atoms with Crippen molar-refractivity contribution in [1.29, 1.82) is 0 Å². The van der Waals surface area contributed by atoms with Gasteiger partial charge in [-0.05, 0) is 43.9 Å². The summed E-state index contributed by atoms with van der Waals surface area (Å²) in [4.78, 5) is 12.3. The van der Waals surface area contributed by atoms with E-state index < -0.39 is 0 Å². The van der Waals surface area contributed by atoms with Crippen LogP contribution >= 0.6 is 0 Å². The zero-order chi connectivity index (χ0) is 19.4. The summed E-state index contributed by atoms with van der Waals surface area (Å²) in [5, 5.41) is 7.58. The summed E-state index contributed by atoms with van der Waals surface area (Å²) in [6, 6.07) is 7.59. The third-order valence-corrected chi connectivity index (χ3v) is 4.77. The average Bonchev–Trinajstić information content (AvgIpc) is 2.90. The number of carbonyl (C=O) groups excluding carboxylic acids is 1. The lowest BCUT2D eigenvalue weighted by Gasteiger charge is -2.26. The van der Waals surface area contributed by atoms with E-state index in [1.54, 1.807) is 0 Å². The van der Waals surface area contributed by atoms with Crippen molar-refractivity contribution >= 4 is 5.91 Å². The molecule has 1 aromatic carbocycles. The molecule has 3 rings (SSSR count). The molecule has 0 saturated carbocycles. The maximum absolute atomic E-state index is 12.3. The largest absolute Gasteiger partial charge is 0.486 e. The van der Waals surface area contributed by atoms with Gasteiger partial charge in [-0.2, -0.15) is 5.10 Å². The molecule has 0 aliphatic carbocycles. The van der Waals surface area contributed by atoms with Gasteiger partial charge in [0, 0.05) is 18.7 Å². The van der Waals surface area contributed by atoms with Crippen molar-refractivity contribution in [2.45, 2.75) is 53.2 Å². The Morgan fingerprint density at radius 2 is 2.04 bits per heavy atom. The number of carbonyl (C=O) groups is 1. The van der Waals surface area contributed by atoms with Crippen LogP contribution in [0.15, 0.2) is 24.3 Å². The first kappa shape index (κ1) is 19.3. The van der Waals surface area contributed by atoms with Crippen molar-refractivity contribution in [3.63, 3.8) is 0 Å². The first-order valence-corrected chi connectivity index (χ1v) is 9.62. The molecule has 1 aliphatic rings. The summed E-state index contributed by atoms with van der Waals surface area (Å²) in [6.45, 7) is 10.2. The molecule has 0 fully saturated rings. The Morgan fingerprint density at radius 3 is 2.78 bits per heavy atom. The number of rotatable bonds is 7. The van der Waals surface area contributed by atoms with Crippen LogP contribution in [0.25, 0.3) is 0 Å². The highest BCUT2D eigenvalue weighted by atomic mass is 16.6. The van der Waals surface area contributed by atoms with E-state index in [1.807, 2.05) is 31.2 Å². The molecule has 1 amide bonds. The zero-order valence-corrected chi connectivity index (χ0v) is 16.6. The Bertz CT molecular complexity index is 798. The Morgan fingerprint density at radius 1 is 1.30 bits per heavy atom. The van der Waals surface area contributed by atoms with Gasteiger partial charge in [0.05, 0.1) is 12.2 Å². The molecule has 27 heavy (non-hydrogen) atoms. The Hall–Kier alpha value is -2.50. The minimum atomic E-state index is -0.166. The summed E-state index contributed by atoms with van der Waals surface area (Å²) in [7, 11) is 0. The van der Waals surface area contributed by atoms with E-state index in [-0.39, 0.29) is 12.0 Å². The number of aryl methyl sites for hydroxylation is 1. The van der Waals surface area contributed by atoms with E-state index in [1.165, 1.54) is 5.56 Å². The van der Waals surface area contributed by atoms with Crippen LogP contribution < -0.4 is 14.8 Å². The van der Waals surface area contributed by atoms with Crippen LogP contribution in [-0.2, 0) is 17.8 Å². The van der Waals surface area contributed by atoms with Gasteiger partial charge in [0.15, 0.2) is 11.5 Å². The molecule has 0 radical (unpaired) electrons. The quantitative estimate of drug-likeness (QED) is 0.812. The van der Waals surface area contributed by atoms with Gasteiger partial charge >= 0.3 is 0 Å². The summed E-state index contributed by atoms with van der Waals surface area (Å²) in [6.07, 6.45) is 0.979. The number of ether oxygens (including phenoxy) is 2. The second kappa shape index (κ2) is 8.46. The summed E-state index contributed by atoms with van der Waals surface area (Å²) in [5.41, 5.74) is 3.35. The fourth-order valence-electron chi connectivity index (χ4n) is 3.34. The average molecular weight is 371 g/mol. The molecule has 1 aromatic heterocycles. The lowest BCUT2D eigenvalue weighted by molar-refractivity contribution is -0.121. The summed E-state index contributed by atoms with van der Waals surface area (Å²) >= 11 is 0. The minimum Gasteiger partial charge on any atom is -0.486 e. The highest BCUT2D eigenvalue weighted by Gasteiger charge is 2.21. The molecule has 1 unspecified atom stereocenters. The van der Waals surface area contributed by atoms with Crippen LogP contribution in [0.1, 0.15) is 37.2 Å². The number of hydrogen-bond donors (Lipinski definition) is 1. The van der Waals surface area contributed by atoms with Gasteiger partial charge in [-0.15, -0.1) is 0 Å². The molecule has 1 atom stereocenters. The summed E-state index contributed by atoms with van der Waals surface area (Å²) in [5.74, 6) is 2.05. The van der Waals surface area contributed by atoms with Crippen molar-refractivity contribution in [2.24, 2.45) is 5.92 Å². The maximum atomic E-state index is 12.3. The Kier molecular flexibility index (Phi) is 6.04. The van der Waals surface area contributed by atoms with Crippen LogP contribution in [0.3, 0.4) is 0 Å². The number of nitrogens with zero attached hydrogens (tertiary/aromatic N) is 2. The van der Waals surface area contributed by atoms with Crippen molar-refractivity contribution in [1.82, 2.24) is 15.1 Å². The highest BCUT2D eigenvalue weighted by molar-refractivity contribution is 5.76. The molecular weight excluding hydrogens is 342 g/mol. The predicted octanol–water partition coefficient (Wildman–Crippen LogP) is 3.04. The third kappa shape index (κ3) is 4.81. The highest BCUT2D eigenvalue weighted by Crippen LogP contribution is 2.30. The lowest BCUT2D eigenvalue weighted by Crippen LogP contribution is -2.40. The molecule has 0 bridgehead atoms. The normalized spacial score (nSPS) is 15.8. The number of hydrogen-bond acceptors (Lipinski definition) is 4. The minimum absolute atomic E-state index is 0.0212. The molecule has 1 N–H and O–H groups in total. The van der Waals surface area contributed by atoms with Gasteiger partial charge in [-0.25, -0.2) is 0 Å². The van der Waals surface area contributed by atoms with E-state index in [0.29, 0.717) is 31.9 Å². The van der Waals surface area contributed by atoms with Crippen molar-refractivity contribution in [3.8, 4) is 11.5 Å². The molecular formula is C21H29N3O3. The predicted molar refractivity (Wildman–Crippen MR) is 104 cm³/mol. The van der Waals surface area contributed by atoms with E-state index >= 15 is 0 Å². The van der Waals surface area contributed by atoms with Gasteiger partial charge in [0.25, 0.3) is 0 Å². The number of para-hydroxylation sites is 2. The zero-order valence-electron chi connectivity index (χ0n) is 16.6. The van der Waals surface area contributed by atoms with Crippen LogP contribution in [0.5, 0.6) is 11.5 Å². The molecule has 2 heterocycles. The van der Waals surface area contributed by atoms with E-state index in [0.717, 1.165) is 29.4 Å². The standard InChI is InChI=1S/C21H29N3O3/c1-14(2)12-24-16(4)18(15(3)23-24)9-10-21(25)22-11-17-13-26-19-7-5-6-8-20(19)27-17/h5-8,14,17H,9-13H2,1-4H3,(H,22,25). The monoisotopic (exact) mass is 371 g/mol. The van der Waals surface area contributed by atoms with Crippen molar-refractivity contribution in [2.75, 3.05) is 13.2 Å². The molecule has 0 saturated heterocycles. The van der Waals surface area contributed by atoms with E-state index in [9.17, 15) is 4.79 Å². The second-order valence-electron chi connectivity index (χ2n) is 7.53. The first-order valence-electron chi connectivity index (χ1n) is 9.62. The second-order valence-corrected chi connectivity index (χ2v) is 7.53. The number of amides is 1. The Balaban J connectivity index is 1.47. The lowest BCUT2D eigenvalue weighted by atomic mass is 10.1. The van der Waals surface area contributed by atoms with Crippen LogP contribution in [-0.4, -0.2) is 34.9 Å². The van der Waals surface area contributed by atoms with Crippen molar-refractivity contribution < 1.29 is 14.3 Å². The van der Waals surface area contributed by atoms with E-state index in [2.05, 4.69) is 35.9 Å². The molecule has 1 aliphatic heterocycles. The Labute approximate surface area is 160 Å². The topological polar surface area (TPSA) is 65.4 Å². The molecule has 2 aromatic rings. The van der Waals surface area contributed by atoms with Crippen LogP contribution in [0.2, 0.25) is 0 Å². The fourth-order valence-corrected chi connectivity index (χ4v) is 3.34. The van der Waals surface area contributed by atoms with E-state index in [4.69, 9.17) is 9.47 Å². The van der Waals surface area contributed by atoms with Gasteiger partial charge in [-0.3, -0.25) is 9.48 Å². The molecule has 6 nitrogen and oxygen atoms in total. The van der Waals surface area contributed by atoms with Gasteiger partial charge in [0.1, 0.15) is 12.7 Å². The number of aromatic nitrogens is 2. The SMILES string of the molecule is Cc1nn(CC(C)C)c(C)c1CCC(=O)NCC1COc2ccccc2O1. The smallest absolute Gasteiger partial charge is 0.220 e.